The van der Waals surface area contributed by atoms with Gasteiger partial charge in [-0.05, 0) is 112 Å². The van der Waals surface area contributed by atoms with Gasteiger partial charge in [-0.1, -0.05) is 31.0 Å². The first-order chi connectivity index (χ1) is 13.7. The van der Waals surface area contributed by atoms with Gasteiger partial charge in [-0.15, -0.1) is 0 Å². The number of hydrogen-bond acceptors (Lipinski definition) is 1. The van der Waals surface area contributed by atoms with Gasteiger partial charge in [-0.2, -0.15) is 0 Å². The summed E-state index contributed by atoms with van der Waals surface area (Å²) in [6.07, 6.45) is 8.36. The maximum atomic E-state index is 9.70. The van der Waals surface area contributed by atoms with Crippen molar-refractivity contribution in [1.82, 2.24) is 0 Å². The summed E-state index contributed by atoms with van der Waals surface area (Å²) in [7, 11) is 0. The average molecular weight is 366 g/mol. The van der Waals surface area contributed by atoms with Crippen LogP contribution in [0.2, 0.25) is 0 Å². The molecule has 0 N–H and O–H groups in total. The summed E-state index contributed by atoms with van der Waals surface area (Å²) < 4.78 is 19.4. The van der Waals surface area contributed by atoms with Crippen molar-refractivity contribution in [3.8, 4) is 0 Å². The number of fused-ring (bicyclic) bond motifs is 4. The van der Waals surface area contributed by atoms with Crippen LogP contribution in [0.25, 0.3) is 0 Å². The van der Waals surface area contributed by atoms with Crippen LogP contribution >= 0.6 is 0 Å². The molecule has 1 nitrogen and oxygen atoms in total. The van der Waals surface area contributed by atoms with Crippen molar-refractivity contribution in [3.63, 3.8) is 0 Å². The van der Waals surface area contributed by atoms with Crippen molar-refractivity contribution < 1.29 is 2.74 Å². The minimum Gasteiger partial charge on any atom is -0.363 e. The van der Waals surface area contributed by atoms with E-state index < -0.39 is 11.9 Å². The molecule has 6 rings (SSSR count). The number of benzene rings is 1. The van der Waals surface area contributed by atoms with Gasteiger partial charge in [0.25, 0.3) is 0 Å². The second-order valence-electron chi connectivity index (χ2n) is 11.3. The monoisotopic (exact) mass is 365 g/mol. The third kappa shape index (κ3) is 1.88. The first-order valence-corrected chi connectivity index (χ1v) is 11.5. The fourth-order valence-electron chi connectivity index (χ4n) is 9.50. The second-order valence-corrected chi connectivity index (χ2v) is 11.3. The Kier molecular flexibility index (Phi) is 2.84. The SMILES string of the molecule is [2H]C1([2H])C2(C(C)N(c3ccccc3C)C1(C)C)C1CCC3CC4CCC2C1(C3)C4. The van der Waals surface area contributed by atoms with Gasteiger partial charge in [0.05, 0.1) is 0 Å². The van der Waals surface area contributed by atoms with E-state index in [0.29, 0.717) is 17.3 Å². The van der Waals surface area contributed by atoms with Crippen LogP contribution in [-0.2, 0) is 0 Å². The van der Waals surface area contributed by atoms with Gasteiger partial charge in [0.1, 0.15) is 0 Å². The minimum atomic E-state index is -1.18. The zero-order valence-corrected chi connectivity index (χ0v) is 17.6. The molecule has 1 saturated heterocycles. The lowest BCUT2D eigenvalue weighted by Gasteiger charge is -2.77. The van der Waals surface area contributed by atoms with Gasteiger partial charge < -0.3 is 4.90 Å². The Bertz CT molecular complexity index is 832. The molecule has 0 aromatic heterocycles. The number of nitrogens with zero attached hydrogens (tertiary/aromatic N) is 1. The number of rotatable bonds is 1. The van der Waals surface area contributed by atoms with E-state index in [-0.39, 0.29) is 11.5 Å². The molecule has 1 aromatic carbocycles. The molecule has 1 aromatic rings. The summed E-state index contributed by atoms with van der Waals surface area (Å²) in [5, 5.41) is 0. The van der Waals surface area contributed by atoms with E-state index in [1.807, 2.05) is 0 Å². The maximum absolute atomic E-state index is 9.70. The largest absolute Gasteiger partial charge is 0.363 e. The molecule has 1 heterocycles. The van der Waals surface area contributed by atoms with Crippen LogP contribution in [0.15, 0.2) is 24.3 Å². The van der Waals surface area contributed by atoms with E-state index in [9.17, 15) is 2.74 Å². The smallest absolute Gasteiger partial charge is 0.0402 e. The van der Waals surface area contributed by atoms with Gasteiger partial charge in [0, 0.05) is 20.0 Å². The lowest BCUT2D eigenvalue weighted by atomic mass is 9.27. The Morgan fingerprint density at radius 1 is 1.00 bits per heavy atom. The first kappa shape index (κ1) is 14.9. The lowest BCUT2D eigenvalue weighted by Crippen LogP contribution is -2.72. The normalized spacial score (nSPS) is 52.1. The van der Waals surface area contributed by atoms with Crippen molar-refractivity contribution in [2.75, 3.05) is 4.90 Å². The Hall–Kier alpha value is -0.980. The molecule has 27 heavy (non-hydrogen) atoms. The summed E-state index contributed by atoms with van der Waals surface area (Å²) in [5.41, 5.74) is 2.31. The molecule has 5 unspecified atom stereocenters. The van der Waals surface area contributed by atoms with Crippen LogP contribution in [0, 0.1) is 41.4 Å². The standard InChI is InChI=1S/C26H37N/c1-17-7-5-6-8-21(17)27-18(2)26(16-24(27,3)4)22-11-9-19-13-20-10-12-23(26)25(22,14-19)15-20/h5-8,18-20,22-23H,9-16H2,1-4H3/i16D2. The zero-order valence-electron chi connectivity index (χ0n) is 19.6. The van der Waals surface area contributed by atoms with Crippen LogP contribution in [0.1, 0.15) is 80.4 Å². The summed E-state index contributed by atoms with van der Waals surface area (Å²) in [6.45, 7) is 8.95. The molecule has 4 saturated carbocycles. The Balaban J connectivity index is 1.53. The highest BCUT2D eigenvalue weighted by Crippen LogP contribution is 2.81. The summed E-state index contributed by atoms with van der Waals surface area (Å²) in [5.74, 6) is 3.04. The summed E-state index contributed by atoms with van der Waals surface area (Å²) in [4.78, 5) is 2.51. The number of anilines is 1. The molecule has 0 radical (unpaired) electrons. The van der Waals surface area contributed by atoms with Crippen LogP contribution in [-0.4, -0.2) is 11.6 Å². The third-order valence-electron chi connectivity index (χ3n) is 9.85. The van der Waals surface area contributed by atoms with E-state index in [4.69, 9.17) is 0 Å². The van der Waals surface area contributed by atoms with Crippen LogP contribution in [0.4, 0.5) is 5.69 Å². The molecule has 1 aliphatic heterocycles. The topological polar surface area (TPSA) is 3.24 Å². The highest BCUT2D eigenvalue weighted by molar-refractivity contribution is 5.58. The summed E-state index contributed by atoms with van der Waals surface area (Å²) >= 11 is 0. The molecule has 146 valence electrons. The molecule has 0 amide bonds. The third-order valence-corrected chi connectivity index (χ3v) is 9.85. The van der Waals surface area contributed by atoms with E-state index in [1.165, 1.54) is 56.2 Å². The van der Waals surface area contributed by atoms with Gasteiger partial charge in [0.2, 0.25) is 0 Å². The summed E-state index contributed by atoms with van der Waals surface area (Å²) in [6, 6.07) is 8.92. The van der Waals surface area contributed by atoms with E-state index in [1.54, 1.807) is 0 Å². The molecule has 5 aliphatic rings. The first-order valence-electron chi connectivity index (χ1n) is 12.5. The highest BCUT2D eigenvalue weighted by Gasteiger charge is 2.77. The van der Waals surface area contributed by atoms with Crippen LogP contribution < -0.4 is 4.90 Å². The predicted octanol–water partition coefficient (Wildman–Crippen LogP) is 6.59. The number of para-hydroxylation sites is 1. The van der Waals surface area contributed by atoms with Crippen molar-refractivity contribution in [2.24, 2.45) is 34.5 Å². The lowest BCUT2D eigenvalue weighted by molar-refractivity contribution is -0.277. The fraction of sp³-hybridized carbons (Fsp3) is 0.769. The van der Waals surface area contributed by atoms with Gasteiger partial charge in [-0.3, -0.25) is 0 Å². The van der Waals surface area contributed by atoms with E-state index in [2.05, 4.69) is 56.9 Å². The van der Waals surface area contributed by atoms with Crippen molar-refractivity contribution in [2.45, 2.75) is 90.6 Å². The maximum Gasteiger partial charge on any atom is 0.0402 e. The quantitative estimate of drug-likeness (QED) is 0.542. The number of hydrogen-bond donors (Lipinski definition) is 0. The molecule has 1 heteroatoms. The molecular formula is C26H37N. The van der Waals surface area contributed by atoms with E-state index in [0.717, 1.165) is 11.8 Å². The van der Waals surface area contributed by atoms with E-state index >= 15 is 0 Å². The molecule has 2 spiro atoms. The predicted molar refractivity (Wildman–Crippen MR) is 113 cm³/mol. The minimum absolute atomic E-state index is 0.188. The Morgan fingerprint density at radius 3 is 2.26 bits per heavy atom. The van der Waals surface area contributed by atoms with Crippen LogP contribution in [0.5, 0.6) is 0 Å². The van der Waals surface area contributed by atoms with Gasteiger partial charge in [-0.25, -0.2) is 0 Å². The number of aryl methyl sites for hydroxylation is 1. The fourth-order valence-corrected chi connectivity index (χ4v) is 9.50. The zero-order chi connectivity index (χ0) is 20.4. The van der Waals surface area contributed by atoms with Crippen molar-refractivity contribution >= 4 is 5.69 Å². The molecule has 5 fully saturated rings. The second kappa shape index (κ2) is 5.14. The molecular weight excluding hydrogens is 326 g/mol. The van der Waals surface area contributed by atoms with Gasteiger partial charge >= 0.3 is 0 Å². The average Bonchev–Trinajstić information content (AvgIpc) is 2.77. The van der Waals surface area contributed by atoms with Gasteiger partial charge in [0.15, 0.2) is 0 Å². The highest BCUT2D eigenvalue weighted by atomic mass is 15.3. The molecule has 3 bridgehead atoms. The molecule has 5 atom stereocenters. The Labute approximate surface area is 168 Å². The van der Waals surface area contributed by atoms with Crippen LogP contribution in [0.3, 0.4) is 0 Å². The van der Waals surface area contributed by atoms with Crippen molar-refractivity contribution in [1.29, 1.82) is 0 Å². The molecule has 4 aliphatic carbocycles. The van der Waals surface area contributed by atoms with Crippen molar-refractivity contribution in [3.05, 3.63) is 29.8 Å². The Morgan fingerprint density at radius 2 is 1.63 bits per heavy atom.